The molecule has 0 aliphatic carbocycles. The predicted octanol–water partition coefficient (Wildman–Crippen LogP) is 3.00. The van der Waals surface area contributed by atoms with Gasteiger partial charge in [0.25, 0.3) is 0 Å². The van der Waals surface area contributed by atoms with Gasteiger partial charge in [0, 0.05) is 22.3 Å². The molecular formula is C17H17Cl2N7. The van der Waals surface area contributed by atoms with E-state index in [0.29, 0.717) is 34.1 Å². The molecule has 9 heteroatoms. The Kier molecular flexibility index (Phi) is 6.17. The van der Waals surface area contributed by atoms with Crippen LogP contribution in [0, 0.1) is 0 Å². The van der Waals surface area contributed by atoms with Gasteiger partial charge >= 0.3 is 0 Å². The van der Waals surface area contributed by atoms with E-state index in [1.807, 2.05) is 18.2 Å². The molecule has 0 radical (unpaired) electrons. The van der Waals surface area contributed by atoms with Crippen molar-refractivity contribution in [3.63, 3.8) is 0 Å². The van der Waals surface area contributed by atoms with Gasteiger partial charge in [-0.25, -0.2) is 4.99 Å². The van der Waals surface area contributed by atoms with Crippen molar-refractivity contribution in [1.29, 1.82) is 0 Å². The Morgan fingerprint density at radius 3 is 2.50 bits per heavy atom. The van der Waals surface area contributed by atoms with Crippen LogP contribution in [0.25, 0.3) is 0 Å². The van der Waals surface area contributed by atoms with Crippen LogP contribution >= 0.6 is 23.2 Å². The van der Waals surface area contributed by atoms with Crippen molar-refractivity contribution < 1.29 is 0 Å². The Labute approximate surface area is 160 Å². The topological polar surface area (TPSA) is 94.0 Å². The molecule has 3 aromatic rings. The van der Waals surface area contributed by atoms with Crippen molar-refractivity contribution in [2.24, 2.45) is 10.7 Å². The van der Waals surface area contributed by atoms with Crippen LogP contribution in [-0.2, 0) is 13.0 Å². The van der Waals surface area contributed by atoms with Crippen LogP contribution in [0.4, 0.5) is 5.69 Å². The molecule has 2 aromatic carbocycles. The zero-order valence-electron chi connectivity index (χ0n) is 13.8. The molecule has 0 spiro atoms. The van der Waals surface area contributed by atoms with Crippen LogP contribution in [-0.4, -0.2) is 32.7 Å². The molecule has 0 fully saturated rings. The van der Waals surface area contributed by atoms with Crippen molar-refractivity contribution in [2.45, 2.75) is 13.0 Å². The first-order valence-electron chi connectivity index (χ1n) is 7.95. The summed E-state index contributed by atoms with van der Waals surface area (Å²) in [7, 11) is 0. The first-order chi connectivity index (χ1) is 12.6. The van der Waals surface area contributed by atoms with Gasteiger partial charge in [-0.2, -0.15) is 0 Å². The lowest BCUT2D eigenvalue weighted by Gasteiger charge is -2.09. The second-order valence-electron chi connectivity index (χ2n) is 5.42. The maximum atomic E-state index is 6.06. The second-order valence-corrected chi connectivity index (χ2v) is 6.30. The summed E-state index contributed by atoms with van der Waals surface area (Å²) in [6, 6.07) is 15.2. The lowest BCUT2D eigenvalue weighted by atomic mass is 10.2. The molecule has 134 valence electrons. The van der Waals surface area contributed by atoms with Crippen LogP contribution < -0.4 is 11.1 Å². The van der Waals surface area contributed by atoms with E-state index < -0.39 is 0 Å². The van der Waals surface area contributed by atoms with Gasteiger partial charge in [-0.15, -0.1) is 10.2 Å². The highest BCUT2D eigenvalue weighted by Crippen LogP contribution is 2.22. The van der Waals surface area contributed by atoms with Crippen LogP contribution in [0.15, 0.2) is 53.5 Å². The fourth-order valence-electron chi connectivity index (χ4n) is 2.26. The number of anilines is 1. The Balaban J connectivity index is 1.82. The first-order valence-corrected chi connectivity index (χ1v) is 8.70. The number of benzene rings is 2. The summed E-state index contributed by atoms with van der Waals surface area (Å²) in [4.78, 5) is 5.88. The van der Waals surface area contributed by atoms with Crippen LogP contribution in [0.2, 0.25) is 10.0 Å². The van der Waals surface area contributed by atoms with E-state index in [1.165, 1.54) is 10.4 Å². The number of rotatable bonds is 5. The van der Waals surface area contributed by atoms with E-state index in [0.717, 1.165) is 6.42 Å². The van der Waals surface area contributed by atoms with Gasteiger partial charge < -0.3 is 11.1 Å². The lowest BCUT2D eigenvalue weighted by Crippen LogP contribution is -2.25. The zero-order chi connectivity index (χ0) is 18.4. The standard InChI is InChI=1S/C17H17Cl2N7/c18-13-8-14(19)10-15(9-13)22-17(26-24-16(11-20)23-25-26)21-7-6-12-4-2-1-3-5-12/h1-5,8-10H,6-7,11,20H2,(H,21,22). The Morgan fingerprint density at radius 2 is 1.85 bits per heavy atom. The largest absolute Gasteiger partial charge is 0.324 e. The third kappa shape index (κ3) is 5.01. The number of nitrogens with one attached hydrogen (secondary N) is 1. The van der Waals surface area contributed by atoms with E-state index in [4.69, 9.17) is 28.9 Å². The third-order valence-electron chi connectivity index (χ3n) is 3.45. The van der Waals surface area contributed by atoms with Gasteiger partial charge in [0.15, 0.2) is 5.82 Å². The average molecular weight is 390 g/mol. The van der Waals surface area contributed by atoms with E-state index in [1.54, 1.807) is 18.2 Å². The Bertz CT molecular complexity index is 873. The van der Waals surface area contributed by atoms with Gasteiger partial charge in [-0.05, 0) is 35.4 Å². The van der Waals surface area contributed by atoms with Crippen molar-refractivity contribution in [3.8, 4) is 0 Å². The highest BCUT2D eigenvalue weighted by Gasteiger charge is 2.10. The van der Waals surface area contributed by atoms with Gasteiger partial charge in [0.2, 0.25) is 5.96 Å². The molecule has 1 aromatic heterocycles. The highest BCUT2D eigenvalue weighted by molar-refractivity contribution is 6.35. The van der Waals surface area contributed by atoms with Crippen molar-refractivity contribution in [2.75, 3.05) is 11.9 Å². The quantitative estimate of drug-likeness (QED) is 0.516. The molecule has 0 saturated heterocycles. The average Bonchev–Trinajstić information content (AvgIpc) is 3.10. The van der Waals surface area contributed by atoms with Gasteiger partial charge in [0.1, 0.15) is 0 Å². The van der Waals surface area contributed by atoms with Crippen molar-refractivity contribution >= 4 is 34.8 Å². The smallest absolute Gasteiger partial charge is 0.244 e. The molecule has 0 bridgehead atoms. The van der Waals surface area contributed by atoms with E-state index in [2.05, 4.69) is 37.9 Å². The van der Waals surface area contributed by atoms with Crippen LogP contribution in [0.3, 0.4) is 0 Å². The van der Waals surface area contributed by atoms with E-state index >= 15 is 0 Å². The summed E-state index contributed by atoms with van der Waals surface area (Å²) in [5, 5.41) is 16.2. The minimum absolute atomic E-state index is 0.195. The van der Waals surface area contributed by atoms with Gasteiger partial charge in [-0.3, -0.25) is 0 Å². The Morgan fingerprint density at radius 1 is 1.12 bits per heavy atom. The SMILES string of the molecule is NCc1nnn(C(=NCCc2ccccc2)Nc2cc(Cl)cc(Cl)c2)n1. The molecule has 1 heterocycles. The molecule has 0 amide bonds. The molecule has 0 atom stereocenters. The van der Waals surface area contributed by atoms with Crippen LogP contribution in [0.1, 0.15) is 11.4 Å². The second kappa shape index (κ2) is 8.75. The number of aliphatic imine (C=N–C) groups is 1. The zero-order valence-corrected chi connectivity index (χ0v) is 15.3. The molecule has 0 unspecified atom stereocenters. The first kappa shape index (κ1) is 18.3. The number of aromatic nitrogens is 4. The fourth-order valence-corrected chi connectivity index (χ4v) is 2.78. The maximum Gasteiger partial charge on any atom is 0.244 e. The minimum Gasteiger partial charge on any atom is -0.324 e. The summed E-state index contributed by atoms with van der Waals surface area (Å²) < 4.78 is 0. The minimum atomic E-state index is 0.195. The molecule has 3 rings (SSSR count). The number of nitrogens with zero attached hydrogens (tertiary/aromatic N) is 5. The monoisotopic (exact) mass is 389 g/mol. The summed E-state index contributed by atoms with van der Waals surface area (Å²) in [6.45, 7) is 0.737. The van der Waals surface area contributed by atoms with E-state index in [9.17, 15) is 0 Å². The summed E-state index contributed by atoms with van der Waals surface area (Å²) >= 11 is 12.1. The van der Waals surface area contributed by atoms with Gasteiger partial charge in [-0.1, -0.05) is 58.3 Å². The Hall–Kier alpha value is -2.48. The molecule has 7 nitrogen and oxygen atoms in total. The van der Waals surface area contributed by atoms with E-state index in [-0.39, 0.29) is 6.54 Å². The number of hydrogen-bond acceptors (Lipinski definition) is 5. The van der Waals surface area contributed by atoms with Crippen LogP contribution in [0.5, 0.6) is 0 Å². The number of hydrogen-bond donors (Lipinski definition) is 2. The lowest BCUT2D eigenvalue weighted by molar-refractivity contribution is 0.748. The number of halogens is 2. The number of nitrogens with two attached hydrogens (primary N) is 1. The third-order valence-corrected chi connectivity index (χ3v) is 3.89. The normalized spacial score (nSPS) is 11.6. The van der Waals surface area contributed by atoms with Crippen molar-refractivity contribution in [3.05, 3.63) is 70.0 Å². The predicted molar refractivity (Wildman–Crippen MR) is 104 cm³/mol. The maximum absolute atomic E-state index is 6.06. The summed E-state index contributed by atoms with van der Waals surface area (Å²) in [5.41, 5.74) is 7.42. The van der Waals surface area contributed by atoms with Gasteiger partial charge in [0.05, 0.1) is 6.54 Å². The molecule has 26 heavy (non-hydrogen) atoms. The highest BCUT2D eigenvalue weighted by atomic mass is 35.5. The summed E-state index contributed by atoms with van der Waals surface area (Å²) in [5.74, 6) is 0.832. The molecule has 0 aliphatic rings. The molecular weight excluding hydrogens is 373 g/mol. The number of tetrazole rings is 1. The summed E-state index contributed by atoms with van der Waals surface area (Å²) in [6.07, 6.45) is 0.779. The van der Waals surface area contributed by atoms with Crippen molar-refractivity contribution in [1.82, 2.24) is 20.2 Å². The molecule has 0 aliphatic heterocycles. The fraction of sp³-hybridized carbons (Fsp3) is 0.176. The molecule has 0 saturated carbocycles. The molecule has 3 N–H and O–H groups in total.